The Hall–Kier alpha value is -0.740. The zero-order valence-corrected chi connectivity index (χ0v) is 10.9. The first-order chi connectivity index (χ1) is 8.44. The van der Waals surface area contributed by atoms with E-state index in [1.54, 1.807) is 0 Å². The fourth-order valence-corrected chi connectivity index (χ4v) is 2.43. The summed E-state index contributed by atoms with van der Waals surface area (Å²) >= 11 is 0. The highest BCUT2D eigenvalue weighted by Gasteiger charge is 2.30. The minimum atomic E-state index is -3.59. The fraction of sp³-hybridized carbons (Fsp3) is 0.889. The standard InChI is InChI=1S/C9H18N2O6S/c1-16-5-4-10-18(14,15)11-6-7-2-3-8(17-7)9(12)13/h7-8,10-11H,2-6H2,1H3,(H,12,13). The van der Waals surface area contributed by atoms with Crippen molar-refractivity contribution < 1.29 is 27.8 Å². The normalized spacial score (nSPS) is 24.3. The lowest BCUT2D eigenvalue weighted by Crippen LogP contribution is -2.41. The summed E-state index contributed by atoms with van der Waals surface area (Å²) in [5, 5.41) is 8.71. The highest BCUT2D eigenvalue weighted by molar-refractivity contribution is 7.87. The summed E-state index contributed by atoms with van der Waals surface area (Å²) in [6.07, 6.45) is -0.304. The first-order valence-corrected chi connectivity index (χ1v) is 7.04. The smallest absolute Gasteiger partial charge is 0.332 e. The van der Waals surface area contributed by atoms with Crippen molar-refractivity contribution in [1.29, 1.82) is 0 Å². The zero-order valence-electron chi connectivity index (χ0n) is 10.1. The van der Waals surface area contributed by atoms with Gasteiger partial charge < -0.3 is 14.6 Å². The largest absolute Gasteiger partial charge is 0.479 e. The Morgan fingerprint density at radius 2 is 2.17 bits per heavy atom. The highest BCUT2D eigenvalue weighted by Crippen LogP contribution is 2.19. The van der Waals surface area contributed by atoms with Gasteiger partial charge in [0.25, 0.3) is 10.2 Å². The lowest BCUT2D eigenvalue weighted by atomic mass is 10.2. The number of nitrogens with one attached hydrogen (secondary N) is 2. The van der Waals surface area contributed by atoms with E-state index in [4.69, 9.17) is 14.6 Å². The lowest BCUT2D eigenvalue weighted by Gasteiger charge is -2.13. The van der Waals surface area contributed by atoms with Gasteiger partial charge in [-0.05, 0) is 12.8 Å². The molecule has 3 N–H and O–H groups in total. The SMILES string of the molecule is COCCNS(=O)(=O)NCC1CCC(C(=O)O)O1. The van der Waals surface area contributed by atoms with Crippen LogP contribution in [0.5, 0.6) is 0 Å². The average molecular weight is 282 g/mol. The molecule has 0 aromatic rings. The predicted molar refractivity (Wildman–Crippen MR) is 62.3 cm³/mol. The summed E-state index contributed by atoms with van der Waals surface area (Å²) in [6.45, 7) is 0.517. The van der Waals surface area contributed by atoms with Gasteiger partial charge in [0.15, 0.2) is 6.10 Å². The van der Waals surface area contributed by atoms with Crippen LogP contribution in [-0.4, -0.2) is 58.5 Å². The maximum Gasteiger partial charge on any atom is 0.332 e. The fourth-order valence-electron chi connectivity index (χ4n) is 1.57. The maximum atomic E-state index is 11.4. The molecule has 0 saturated carbocycles. The van der Waals surface area contributed by atoms with Crippen molar-refractivity contribution in [2.45, 2.75) is 25.0 Å². The minimum Gasteiger partial charge on any atom is -0.479 e. The van der Waals surface area contributed by atoms with E-state index in [2.05, 4.69) is 9.44 Å². The number of rotatable bonds is 8. The van der Waals surface area contributed by atoms with E-state index in [9.17, 15) is 13.2 Å². The maximum absolute atomic E-state index is 11.4. The molecule has 18 heavy (non-hydrogen) atoms. The van der Waals surface area contributed by atoms with Crippen LogP contribution < -0.4 is 9.44 Å². The molecule has 0 spiro atoms. The molecular formula is C9H18N2O6S. The molecule has 1 aliphatic rings. The van der Waals surface area contributed by atoms with Gasteiger partial charge in [-0.2, -0.15) is 17.9 Å². The number of ether oxygens (including phenoxy) is 2. The number of methoxy groups -OCH3 is 1. The summed E-state index contributed by atoms with van der Waals surface area (Å²) in [5.74, 6) is -1.02. The number of carboxylic acids is 1. The van der Waals surface area contributed by atoms with Gasteiger partial charge in [-0.15, -0.1) is 0 Å². The Labute approximate surface area is 106 Å². The molecule has 2 unspecified atom stereocenters. The molecule has 1 rings (SSSR count). The zero-order chi connectivity index (χ0) is 13.6. The van der Waals surface area contributed by atoms with Crippen molar-refractivity contribution >= 4 is 16.2 Å². The van der Waals surface area contributed by atoms with Crippen LogP contribution in [0.3, 0.4) is 0 Å². The number of hydrogen-bond donors (Lipinski definition) is 3. The van der Waals surface area contributed by atoms with Crippen molar-refractivity contribution in [2.75, 3.05) is 26.8 Å². The number of hydrogen-bond acceptors (Lipinski definition) is 5. The van der Waals surface area contributed by atoms with Gasteiger partial charge in [0.05, 0.1) is 12.7 Å². The van der Waals surface area contributed by atoms with Crippen molar-refractivity contribution in [3.05, 3.63) is 0 Å². The molecule has 0 amide bonds. The highest BCUT2D eigenvalue weighted by atomic mass is 32.2. The van der Waals surface area contributed by atoms with Crippen molar-refractivity contribution in [1.82, 2.24) is 9.44 Å². The van der Waals surface area contributed by atoms with Crippen LogP contribution in [0.25, 0.3) is 0 Å². The molecule has 0 radical (unpaired) electrons. The molecule has 106 valence electrons. The molecule has 0 aromatic heterocycles. The topological polar surface area (TPSA) is 114 Å². The second-order valence-corrected chi connectivity index (χ2v) is 5.49. The molecule has 1 heterocycles. The third-order valence-electron chi connectivity index (χ3n) is 2.48. The molecule has 0 bridgehead atoms. The van der Waals surface area contributed by atoms with Crippen molar-refractivity contribution in [2.24, 2.45) is 0 Å². The third kappa shape index (κ3) is 5.27. The first-order valence-electron chi connectivity index (χ1n) is 5.56. The van der Waals surface area contributed by atoms with Crippen molar-refractivity contribution in [3.8, 4) is 0 Å². The Morgan fingerprint density at radius 3 is 2.72 bits per heavy atom. The van der Waals surface area contributed by atoms with Crippen LogP contribution in [-0.2, 0) is 24.5 Å². The quantitative estimate of drug-likeness (QED) is 0.476. The summed E-state index contributed by atoms with van der Waals surface area (Å²) in [4.78, 5) is 10.6. The van der Waals surface area contributed by atoms with E-state index >= 15 is 0 Å². The molecule has 1 aliphatic heterocycles. The van der Waals surface area contributed by atoms with Gasteiger partial charge >= 0.3 is 5.97 Å². The summed E-state index contributed by atoms with van der Waals surface area (Å²) in [6, 6.07) is 0. The second kappa shape index (κ2) is 7.00. The summed E-state index contributed by atoms with van der Waals surface area (Å²) in [5.41, 5.74) is 0. The van der Waals surface area contributed by atoms with Crippen LogP contribution >= 0.6 is 0 Å². The summed E-state index contributed by atoms with van der Waals surface area (Å²) < 4.78 is 37.3. The van der Waals surface area contributed by atoms with Crippen LogP contribution in [0.4, 0.5) is 0 Å². The second-order valence-electron chi connectivity index (χ2n) is 3.90. The van der Waals surface area contributed by atoms with Gasteiger partial charge in [-0.3, -0.25) is 0 Å². The molecule has 1 fully saturated rings. The summed E-state index contributed by atoms with van der Waals surface area (Å²) in [7, 11) is -2.11. The molecule has 9 heteroatoms. The van der Waals surface area contributed by atoms with Crippen LogP contribution in [0.2, 0.25) is 0 Å². The lowest BCUT2D eigenvalue weighted by molar-refractivity contribution is -0.149. The van der Waals surface area contributed by atoms with Gasteiger partial charge in [0, 0.05) is 20.2 Å². The predicted octanol–water partition coefficient (Wildman–Crippen LogP) is -1.31. The minimum absolute atomic E-state index is 0.0616. The molecule has 8 nitrogen and oxygen atoms in total. The van der Waals surface area contributed by atoms with Gasteiger partial charge in [-0.1, -0.05) is 0 Å². The van der Waals surface area contributed by atoms with Gasteiger partial charge in [0.2, 0.25) is 0 Å². The Bertz CT molecular complexity index is 371. The van der Waals surface area contributed by atoms with E-state index in [0.29, 0.717) is 12.8 Å². The Balaban J connectivity index is 2.26. The number of carboxylic acid groups (broad SMARTS) is 1. The van der Waals surface area contributed by atoms with E-state index < -0.39 is 28.4 Å². The monoisotopic (exact) mass is 282 g/mol. The average Bonchev–Trinajstić information content (AvgIpc) is 2.75. The van der Waals surface area contributed by atoms with Crippen LogP contribution in [0, 0.1) is 0 Å². The van der Waals surface area contributed by atoms with E-state index in [1.165, 1.54) is 7.11 Å². The van der Waals surface area contributed by atoms with Gasteiger partial charge in [-0.25, -0.2) is 4.79 Å². The first kappa shape index (κ1) is 15.3. The Kier molecular flexibility index (Phi) is 5.96. The van der Waals surface area contributed by atoms with E-state index in [1.807, 2.05) is 0 Å². The van der Waals surface area contributed by atoms with E-state index in [0.717, 1.165) is 0 Å². The number of aliphatic carboxylic acids is 1. The molecule has 1 saturated heterocycles. The molecule has 0 aliphatic carbocycles. The van der Waals surface area contributed by atoms with Crippen LogP contribution in [0.1, 0.15) is 12.8 Å². The molecule has 0 aromatic carbocycles. The van der Waals surface area contributed by atoms with Gasteiger partial charge in [0.1, 0.15) is 0 Å². The Morgan fingerprint density at radius 1 is 1.44 bits per heavy atom. The molecular weight excluding hydrogens is 264 g/mol. The molecule has 2 atom stereocenters. The number of carbonyl (C=O) groups is 1. The van der Waals surface area contributed by atoms with Crippen LogP contribution in [0.15, 0.2) is 0 Å². The van der Waals surface area contributed by atoms with E-state index in [-0.39, 0.29) is 19.7 Å². The van der Waals surface area contributed by atoms with Crippen molar-refractivity contribution in [3.63, 3.8) is 0 Å². The third-order valence-corrected chi connectivity index (χ3v) is 3.61.